The maximum absolute atomic E-state index is 12.2. The van der Waals surface area contributed by atoms with E-state index < -0.39 is 10.0 Å². The summed E-state index contributed by atoms with van der Waals surface area (Å²) in [5, 5.41) is 3.57. The van der Waals surface area contributed by atoms with E-state index in [9.17, 15) is 8.42 Å². The van der Waals surface area contributed by atoms with Crippen molar-refractivity contribution in [2.24, 2.45) is 0 Å². The average Bonchev–Trinajstić information content (AvgIpc) is 2.91. The van der Waals surface area contributed by atoms with E-state index in [2.05, 4.69) is 9.88 Å². The minimum absolute atomic E-state index is 0.321. The molecule has 0 spiro atoms. The van der Waals surface area contributed by atoms with Crippen LogP contribution < -0.4 is 4.72 Å². The van der Waals surface area contributed by atoms with Gasteiger partial charge in [0.25, 0.3) is 0 Å². The molecule has 0 bridgehead atoms. The molecule has 0 atom stereocenters. The van der Waals surface area contributed by atoms with Gasteiger partial charge < -0.3 is 4.52 Å². The fourth-order valence-electron chi connectivity index (χ4n) is 1.82. The van der Waals surface area contributed by atoms with Gasteiger partial charge in [-0.05, 0) is 24.5 Å². The third-order valence-electron chi connectivity index (χ3n) is 2.83. The Balaban J connectivity index is 2.05. The van der Waals surface area contributed by atoms with Gasteiger partial charge in [0.1, 0.15) is 6.26 Å². The van der Waals surface area contributed by atoms with Crippen LogP contribution >= 0.6 is 0 Å². The Kier molecular flexibility index (Phi) is 4.34. The molecule has 0 saturated carbocycles. The van der Waals surface area contributed by atoms with E-state index >= 15 is 0 Å². The normalized spacial score (nSPS) is 11.6. The van der Waals surface area contributed by atoms with Crippen molar-refractivity contribution in [1.29, 1.82) is 0 Å². The number of rotatable bonds is 6. The maximum atomic E-state index is 12.2. The van der Waals surface area contributed by atoms with Gasteiger partial charge in [0.2, 0.25) is 10.0 Å². The van der Waals surface area contributed by atoms with E-state index in [1.807, 2.05) is 19.1 Å². The first kappa shape index (κ1) is 13.8. The first-order valence-electron chi connectivity index (χ1n) is 6.09. The molecular formula is C13H16N2O3S. The van der Waals surface area contributed by atoms with Crippen LogP contribution in [0.15, 0.2) is 46.1 Å². The summed E-state index contributed by atoms with van der Waals surface area (Å²) in [7, 11) is -3.46. The Morgan fingerprint density at radius 1 is 1.32 bits per heavy atom. The third kappa shape index (κ3) is 3.42. The van der Waals surface area contributed by atoms with E-state index in [0.29, 0.717) is 24.3 Å². The van der Waals surface area contributed by atoms with Gasteiger partial charge in [-0.1, -0.05) is 30.3 Å². The summed E-state index contributed by atoms with van der Waals surface area (Å²) in [4.78, 5) is 0.350. The van der Waals surface area contributed by atoms with E-state index in [-0.39, 0.29) is 0 Å². The quantitative estimate of drug-likeness (QED) is 0.875. The summed E-state index contributed by atoms with van der Waals surface area (Å²) in [6, 6.07) is 7.03. The number of nitrogens with zero attached hydrogens (tertiary/aromatic N) is 1. The Morgan fingerprint density at radius 2 is 2.11 bits per heavy atom. The zero-order valence-corrected chi connectivity index (χ0v) is 11.5. The molecule has 1 aromatic heterocycles. The summed E-state index contributed by atoms with van der Waals surface area (Å²) in [6.07, 6.45) is 4.32. The van der Waals surface area contributed by atoms with Crippen LogP contribution in [-0.2, 0) is 22.9 Å². The molecule has 0 saturated heterocycles. The lowest BCUT2D eigenvalue weighted by atomic mass is 10.2. The molecule has 0 amide bonds. The number of sulfonamides is 1. The van der Waals surface area contributed by atoms with Crippen LogP contribution in [0.2, 0.25) is 0 Å². The summed E-state index contributed by atoms with van der Waals surface area (Å²) in [5.74, 6) is 0. The van der Waals surface area contributed by atoms with Crippen molar-refractivity contribution in [3.05, 3.63) is 47.9 Å². The number of nitrogens with one attached hydrogen (secondary N) is 1. The predicted molar refractivity (Wildman–Crippen MR) is 71.2 cm³/mol. The number of aromatic nitrogens is 1. The van der Waals surface area contributed by atoms with Gasteiger partial charge in [-0.25, -0.2) is 13.1 Å². The molecule has 2 rings (SSSR count). The SMILES string of the molecule is CCc1ccccc1S(=O)(=O)NCCc1cnoc1. The predicted octanol–water partition coefficient (Wildman–Crippen LogP) is 1.76. The molecule has 5 nitrogen and oxygen atoms in total. The summed E-state index contributed by atoms with van der Waals surface area (Å²) >= 11 is 0. The van der Waals surface area contributed by atoms with Crippen LogP contribution in [0.4, 0.5) is 0 Å². The topological polar surface area (TPSA) is 72.2 Å². The molecule has 19 heavy (non-hydrogen) atoms. The van der Waals surface area contributed by atoms with Crippen molar-refractivity contribution in [3.63, 3.8) is 0 Å². The van der Waals surface area contributed by atoms with Crippen LogP contribution in [-0.4, -0.2) is 20.1 Å². The van der Waals surface area contributed by atoms with Crippen LogP contribution in [0.25, 0.3) is 0 Å². The highest BCUT2D eigenvalue weighted by atomic mass is 32.2. The third-order valence-corrected chi connectivity index (χ3v) is 4.39. The van der Waals surface area contributed by atoms with Crippen molar-refractivity contribution in [3.8, 4) is 0 Å². The van der Waals surface area contributed by atoms with Crippen LogP contribution in [0.3, 0.4) is 0 Å². The fourth-order valence-corrected chi connectivity index (χ4v) is 3.16. The lowest BCUT2D eigenvalue weighted by Crippen LogP contribution is -2.26. The Hall–Kier alpha value is -1.66. The molecule has 6 heteroatoms. The molecule has 1 N–H and O–H groups in total. The minimum Gasteiger partial charge on any atom is -0.364 e. The highest BCUT2D eigenvalue weighted by Crippen LogP contribution is 2.15. The summed E-state index contributed by atoms with van der Waals surface area (Å²) in [6.45, 7) is 2.26. The summed E-state index contributed by atoms with van der Waals surface area (Å²) in [5.41, 5.74) is 1.69. The highest BCUT2D eigenvalue weighted by Gasteiger charge is 2.16. The Bertz CT molecular complexity index is 621. The van der Waals surface area contributed by atoms with Crippen molar-refractivity contribution < 1.29 is 12.9 Å². The van der Waals surface area contributed by atoms with Crippen LogP contribution in [0.1, 0.15) is 18.1 Å². The molecule has 0 radical (unpaired) electrons. The number of aryl methyl sites for hydroxylation is 1. The second kappa shape index (κ2) is 5.99. The number of hydrogen-bond donors (Lipinski definition) is 1. The molecule has 1 aromatic carbocycles. The first-order valence-corrected chi connectivity index (χ1v) is 7.57. The van der Waals surface area contributed by atoms with Gasteiger partial charge >= 0.3 is 0 Å². The van der Waals surface area contributed by atoms with Crippen molar-refractivity contribution >= 4 is 10.0 Å². The lowest BCUT2D eigenvalue weighted by Gasteiger charge is -2.09. The number of hydrogen-bond acceptors (Lipinski definition) is 4. The first-order chi connectivity index (χ1) is 9.13. The van der Waals surface area contributed by atoms with Gasteiger partial charge in [-0.15, -0.1) is 0 Å². The monoisotopic (exact) mass is 280 g/mol. The van der Waals surface area contributed by atoms with Gasteiger partial charge in [0.15, 0.2) is 0 Å². The molecule has 0 aliphatic rings. The lowest BCUT2D eigenvalue weighted by molar-refractivity contribution is 0.419. The van der Waals surface area contributed by atoms with Gasteiger partial charge in [0, 0.05) is 12.1 Å². The fraction of sp³-hybridized carbons (Fsp3) is 0.308. The smallest absolute Gasteiger partial charge is 0.240 e. The molecule has 0 aliphatic carbocycles. The van der Waals surface area contributed by atoms with Gasteiger partial charge in [-0.3, -0.25) is 0 Å². The van der Waals surface area contributed by atoms with Crippen molar-refractivity contribution in [2.75, 3.05) is 6.54 Å². The highest BCUT2D eigenvalue weighted by molar-refractivity contribution is 7.89. The van der Waals surface area contributed by atoms with E-state index in [0.717, 1.165) is 11.1 Å². The van der Waals surface area contributed by atoms with Crippen molar-refractivity contribution in [2.45, 2.75) is 24.7 Å². The zero-order chi connectivity index (χ0) is 13.7. The van der Waals surface area contributed by atoms with Crippen LogP contribution in [0, 0.1) is 0 Å². The average molecular weight is 280 g/mol. The van der Waals surface area contributed by atoms with Gasteiger partial charge in [0.05, 0.1) is 11.1 Å². The second-order valence-corrected chi connectivity index (χ2v) is 5.88. The summed E-state index contributed by atoms with van der Waals surface area (Å²) < 4.78 is 31.7. The van der Waals surface area contributed by atoms with Crippen molar-refractivity contribution in [1.82, 2.24) is 9.88 Å². The standard InChI is InChI=1S/C13H16N2O3S/c1-2-12-5-3-4-6-13(12)19(16,17)15-8-7-11-9-14-18-10-11/h3-6,9-10,15H,2,7-8H2,1H3. The van der Waals surface area contributed by atoms with E-state index in [1.165, 1.54) is 6.26 Å². The molecule has 0 unspecified atom stereocenters. The Morgan fingerprint density at radius 3 is 2.79 bits per heavy atom. The molecule has 0 fully saturated rings. The molecule has 102 valence electrons. The Labute approximate surface area is 112 Å². The van der Waals surface area contributed by atoms with Crippen LogP contribution in [0.5, 0.6) is 0 Å². The molecule has 0 aliphatic heterocycles. The second-order valence-electron chi connectivity index (χ2n) is 4.14. The molecular weight excluding hydrogens is 264 g/mol. The zero-order valence-electron chi connectivity index (χ0n) is 10.7. The largest absolute Gasteiger partial charge is 0.364 e. The molecule has 1 heterocycles. The molecule has 2 aromatic rings. The van der Waals surface area contributed by atoms with Gasteiger partial charge in [-0.2, -0.15) is 0 Å². The number of benzene rings is 1. The minimum atomic E-state index is -3.46. The van der Waals surface area contributed by atoms with E-state index in [1.54, 1.807) is 18.3 Å². The maximum Gasteiger partial charge on any atom is 0.240 e. The van der Waals surface area contributed by atoms with E-state index in [4.69, 9.17) is 4.52 Å².